The van der Waals surface area contributed by atoms with Gasteiger partial charge in [0.2, 0.25) is 0 Å². The van der Waals surface area contributed by atoms with Gasteiger partial charge in [-0.3, -0.25) is 18.9 Å². The molecule has 28 heavy (non-hydrogen) atoms. The maximum atomic E-state index is 12.7. The zero-order valence-corrected chi connectivity index (χ0v) is 18.1. The smallest absolute Gasteiger partial charge is 0.359 e. The molecule has 0 aliphatic heterocycles. The van der Waals surface area contributed by atoms with Crippen molar-refractivity contribution in [3.63, 3.8) is 0 Å². The van der Waals surface area contributed by atoms with Crippen molar-refractivity contribution >= 4 is 7.60 Å². The molecule has 1 heterocycles. The SMILES string of the molecule is CCC(CC)(CC1CCC(n2ccc(=O)[nH]c2=O)C1)OP(=O)(O)C(C)(O)CC. The second-order valence-electron chi connectivity index (χ2n) is 8.13. The van der Waals surface area contributed by atoms with Gasteiger partial charge in [-0.05, 0) is 57.8 Å². The Bertz CT molecular complexity index is 826. The van der Waals surface area contributed by atoms with Crippen LogP contribution in [0.4, 0.5) is 0 Å². The molecule has 1 aromatic heterocycles. The molecular weight excluding hydrogens is 383 g/mol. The highest BCUT2D eigenvalue weighted by Crippen LogP contribution is 2.60. The number of hydrogen-bond donors (Lipinski definition) is 3. The Labute approximate surface area is 165 Å². The van der Waals surface area contributed by atoms with Crippen LogP contribution in [0, 0.1) is 5.92 Å². The number of aromatic nitrogens is 2. The van der Waals surface area contributed by atoms with Crippen molar-refractivity contribution in [3.05, 3.63) is 33.1 Å². The molecule has 1 aliphatic rings. The summed E-state index contributed by atoms with van der Waals surface area (Å²) in [7, 11) is -4.23. The molecule has 0 spiro atoms. The van der Waals surface area contributed by atoms with E-state index in [4.69, 9.17) is 4.52 Å². The number of nitrogens with zero attached hydrogens (tertiary/aromatic N) is 1. The predicted molar refractivity (Wildman–Crippen MR) is 107 cm³/mol. The van der Waals surface area contributed by atoms with Crippen molar-refractivity contribution in [1.29, 1.82) is 0 Å². The van der Waals surface area contributed by atoms with Crippen molar-refractivity contribution in [2.24, 2.45) is 5.92 Å². The lowest BCUT2D eigenvalue weighted by molar-refractivity contribution is -0.00347. The van der Waals surface area contributed by atoms with Crippen LogP contribution in [-0.4, -0.2) is 30.5 Å². The lowest BCUT2D eigenvalue weighted by Crippen LogP contribution is -2.36. The third-order valence-electron chi connectivity index (χ3n) is 6.30. The molecule has 1 fully saturated rings. The molecular formula is C19H33N2O6P. The number of aliphatic hydroxyl groups is 1. The summed E-state index contributed by atoms with van der Waals surface area (Å²) >= 11 is 0. The van der Waals surface area contributed by atoms with Gasteiger partial charge in [-0.15, -0.1) is 0 Å². The van der Waals surface area contributed by atoms with E-state index in [0.717, 1.165) is 19.3 Å². The van der Waals surface area contributed by atoms with Gasteiger partial charge in [0.1, 0.15) is 0 Å². The Balaban J connectivity index is 2.15. The van der Waals surface area contributed by atoms with Crippen LogP contribution in [-0.2, 0) is 9.09 Å². The van der Waals surface area contributed by atoms with E-state index in [0.29, 0.717) is 19.3 Å². The standard InChI is InChI=1S/C19H33N2O6P/c1-5-18(4,24)28(25,26)27-19(6-2,7-3)13-14-8-9-15(12-14)21-11-10-16(22)20-17(21)23/h10-11,14-15,24H,5-9,12-13H2,1-4H3,(H,25,26)(H,20,22,23). The summed E-state index contributed by atoms with van der Waals surface area (Å²) in [5, 5.41) is 8.52. The summed E-state index contributed by atoms with van der Waals surface area (Å²) in [6.45, 7) is 6.82. The topological polar surface area (TPSA) is 122 Å². The van der Waals surface area contributed by atoms with Gasteiger partial charge in [0.05, 0.1) is 5.60 Å². The molecule has 0 saturated heterocycles. The summed E-state index contributed by atoms with van der Waals surface area (Å²) in [6.07, 6.45) is 5.71. The normalized spacial score (nSPS) is 24.6. The van der Waals surface area contributed by atoms with Crippen molar-refractivity contribution < 1.29 is 19.1 Å². The monoisotopic (exact) mass is 416 g/mol. The maximum absolute atomic E-state index is 12.7. The lowest BCUT2D eigenvalue weighted by atomic mass is 9.85. The highest BCUT2D eigenvalue weighted by Gasteiger charge is 2.48. The van der Waals surface area contributed by atoms with Crippen LogP contribution >= 0.6 is 7.60 Å². The van der Waals surface area contributed by atoms with Gasteiger partial charge in [-0.25, -0.2) is 4.79 Å². The van der Waals surface area contributed by atoms with E-state index < -0.39 is 29.8 Å². The van der Waals surface area contributed by atoms with Gasteiger partial charge < -0.3 is 14.5 Å². The van der Waals surface area contributed by atoms with E-state index >= 15 is 0 Å². The molecule has 9 heteroatoms. The molecule has 2 rings (SSSR count). The first kappa shape index (κ1) is 23.1. The molecule has 160 valence electrons. The molecule has 0 bridgehead atoms. The molecule has 1 saturated carbocycles. The highest BCUT2D eigenvalue weighted by atomic mass is 31.2. The number of aromatic amines is 1. The van der Waals surface area contributed by atoms with Crippen LogP contribution in [0.3, 0.4) is 0 Å². The Hall–Kier alpha value is -1.21. The average molecular weight is 416 g/mol. The minimum Gasteiger partial charge on any atom is -0.378 e. The zero-order valence-electron chi connectivity index (χ0n) is 17.2. The van der Waals surface area contributed by atoms with Crippen molar-refractivity contribution in [2.75, 3.05) is 0 Å². The lowest BCUT2D eigenvalue weighted by Gasteiger charge is -2.39. The summed E-state index contributed by atoms with van der Waals surface area (Å²) in [5.74, 6) is 0.218. The summed E-state index contributed by atoms with van der Waals surface area (Å²) < 4.78 is 20.1. The maximum Gasteiger partial charge on any atom is 0.359 e. The fraction of sp³-hybridized carbons (Fsp3) is 0.789. The molecule has 0 aromatic carbocycles. The van der Waals surface area contributed by atoms with Gasteiger partial charge in [0, 0.05) is 18.3 Å². The van der Waals surface area contributed by atoms with E-state index in [9.17, 15) is 24.2 Å². The summed E-state index contributed by atoms with van der Waals surface area (Å²) in [6, 6.07) is 1.33. The third kappa shape index (κ3) is 4.85. The van der Waals surface area contributed by atoms with Gasteiger partial charge in [0.15, 0.2) is 5.34 Å². The van der Waals surface area contributed by atoms with Gasteiger partial charge in [-0.1, -0.05) is 20.8 Å². The predicted octanol–water partition coefficient (Wildman–Crippen LogP) is 3.15. The Morgan fingerprint density at radius 1 is 1.25 bits per heavy atom. The van der Waals surface area contributed by atoms with Crippen LogP contribution < -0.4 is 11.2 Å². The third-order valence-corrected chi connectivity index (χ3v) is 8.47. The van der Waals surface area contributed by atoms with Crippen molar-refractivity contribution in [2.45, 2.75) is 89.6 Å². The molecule has 0 radical (unpaired) electrons. The highest BCUT2D eigenvalue weighted by molar-refractivity contribution is 7.54. The van der Waals surface area contributed by atoms with E-state index in [1.807, 2.05) is 13.8 Å². The van der Waals surface area contributed by atoms with Gasteiger partial charge in [0.25, 0.3) is 5.56 Å². The quantitative estimate of drug-likeness (QED) is 0.532. The minimum absolute atomic E-state index is 0.0135. The number of rotatable bonds is 9. The fourth-order valence-electron chi connectivity index (χ4n) is 3.99. The molecule has 0 amide bonds. The first-order valence-corrected chi connectivity index (χ1v) is 11.6. The summed E-state index contributed by atoms with van der Waals surface area (Å²) in [5.41, 5.74) is -1.63. The van der Waals surface area contributed by atoms with E-state index in [1.54, 1.807) is 11.5 Å². The van der Waals surface area contributed by atoms with Crippen molar-refractivity contribution in [3.8, 4) is 0 Å². The summed E-state index contributed by atoms with van der Waals surface area (Å²) in [4.78, 5) is 36.0. The second kappa shape index (κ2) is 8.66. The van der Waals surface area contributed by atoms with Crippen LogP contribution in [0.1, 0.15) is 78.7 Å². The van der Waals surface area contributed by atoms with E-state index in [-0.39, 0.29) is 18.4 Å². The molecule has 1 aliphatic carbocycles. The second-order valence-corrected chi connectivity index (χ2v) is 10.3. The largest absolute Gasteiger partial charge is 0.378 e. The van der Waals surface area contributed by atoms with E-state index in [1.165, 1.54) is 19.2 Å². The van der Waals surface area contributed by atoms with Crippen LogP contribution in [0.2, 0.25) is 0 Å². The molecule has 4 unspecified atom stereocenters. The molecule has 1 aromatic rings. The fourth-order valence-corrected chi connectivity index (χ4v) is 5.45. The zero-order chi connectivity index (χ0) is 21.2. The number of H-pyrrole nitrogens is 1. The average Bonchev–Trinajstić information content (AvgIpc) is 3.08. The first-order valence-electron chi connectivity index (χ1n) is 10.1. The first-order chi connectivity index (χ1) is 13.0. The molecule has 8 nitrogen and oxygen atoms in total. The molecule has 4 atom stereocenters. The Kier molecular flexibility index (Phi) is 7.13. The van der Waals surface area contributed by atoms with Crippen molar-refractivity contribution in [1.82, 2.24) is 9.55 Å². The van der Waals surface area contributed by atoms with Crippen LogP contribution in [0.15, 0.2) is 21.9 Å². The Morgan fingerprint density at radius 3 is 2.43 bits per heavy atom. The minimum atomic E-state index is -4.23. The number of hydrogen-bond acceptors (Lipinski definition) is 5. The molecule has 3 N–H and O–H groups in total. The Morgan fingerprint density at radius 2 is 1.89 bits per heavy atom. The van der Waals surface area contributed by atoms with E-state index in [2.05, 4.69) is 4.98 Å². The van der Waals surface area contributed by atoms with Crippen LogP contribution in [0.5, 0.6) is 0 Å². The number of nitrogens with one attached hydrogen (secondary N) is 1. The van der Waals surface area contributed by atoms with Gasteiger partial charge >= 0.3 is 13.3 Å². The van der Waals surface area contributed by atoms with Crippen LogP contribution in [0.25, 0.3) is 0 Å². The van der Waals surface area contributed by atoms with Gasteiger partial charge in [-0.2, -0.15) is 0 Å².